The van der Waals surface area contributed by atoms with E-state index in [4.69, 9.17) is 0 Å². The van der Waals surface area contributed by atoms with Gasteiger partial charge in [0.1, 0.15) is 6.10 Å². The summed E-state index contributed by atoms with van der Waals surface area (Å²) in [5.74, 6) is -0.609. The minimum atomic E-state index is -1.36. The third-order valence-corrected chi connectivity index (χ3v) is 3.01. The van der Waals surface area contributed by atoms with Gasteiger partial charge < -0.3 is 5.11 Å². The maximum atomic E-state index is 12.3. The summed E-state index contributed by atoms with van der Waals surface area (Å²) >= 11 is 0. The summed E-state index contributed by atoms with van der Waals surface area (Å²) in [6, 6.07) is 12.8. The number of Topliss-reactive ketones (excluding diaryl/α,β-unsaturated/α-hetero) is 1. The normalized spacial score (nSPS) is 11.7. The van der Waals surface area contributed by atoms with Crippen LogP contribution in [0.3, 0.4) is 0 Å². The van der Waals surface area contributed by atoms with Gasteiger partial charge in [-0.2, -0.15) is 0 Å². The predicted molar refractivity (Wildman–Crippen MR) is 72.9 cm³/mol. The number of hydrogen-bond donors (Lipinski definition) is 1. The number of carbonyl (C=O) groups is 3. The highest BCUT2D eigenvalue weighted by molar-refractivity contribution is 6.08. The number of aldehydes is 2. The molecular weight excluding hydrogens is 256 g/mol. The van der Waals surface area contributed by atoms with Crippen molar-refractivity contribution >= 4 is 18.4 Å². The van der Waals surface area contributed by atoms with Crippen molar-refractivity contribution < 1.29 is 19.5 Å². The Morgan fingerprint density at radius 2 is 1.65 bits per heavy atom. The second-order valence-electron chi connectivity index (χ2n) is 4.22. The highest BCUT2D eigenvalue weighted by atomic mass is 16.3. The van der Waals surface area contributed by atoms with E-state index in [0.717, 1.165) is 0 Å². The van der Waals surface area contributed by atoms with Gasteiger partial charge in [-0.3, -0.25) is 14.4 Å². The molecule has 2 aromatic carbocycles. The number of hydrogen-bond acceptors (Lipinski definition) is 4. The van der Waals surface area contributed by atoms with Crippen LogP contribution in [0.4, 0.5) is 0 Å². The smallest absolute Gasteiger partial charge is 0.196 e. The van der Waals surface area contributed by atoms with Crippen LogP contribution < -0.4 is 0 Å². The van der Waals surface area contributed by atoms with Crippen molar-refractivity contribution in [2.45, 2.75) is 6.10 Å². The van der Waals surface area contributed by atoms with Crippen LogP contribution in [-0.2, 0) is 0 Å². The molecular formula is C16H12O4. The molecule has 0 radical (unpaired) electrons. The minimum absolute atomic E-state index is 0.00230. The van der Waals surface area contributed by atoms with E-state index in [-0.39, 0.29) is 16.7 Å². The molecule has 1 atom stereocenters. The second kappa shape index (κ2) is 6.04. The number of rotatable bonds is 5. The van der Waals surface area contributed by atoms with Crippen LogP contribution >= 0.6 is 0 Å². The monoisotopic (exact) mass is 268 g/mol. The van der Waals surface area contributed by atoms with Gasteiger partial charge in [0.15, 0.2) is 18.4 Å². The number of aliphatic hydroxyl groups excluding tert-OH is 1. The zero-order chi connectivity index (χ0) is 14.5. The van der Waals surface area contributed by atoms with Gasteiger partial charge in [-0.1, -0.05) is 48.5 Å². The molecule has 0 saturated heterocycles. The topological polar surface area (TPSA) is 71.4 Å². The molecule has 0 aliphatic carbocycles. The van der Waals surface area contributed by atoms with Gasteiger partial charge in [-0.25, -0.2) is 0 Å². The average Bonchev–Trinajstić information content (AvgIpc) is 2.53. The highest BCUT2D eigenvalue weighted by Gasteiger charge is 2.22. The predicted octanol–water partition coefficient (Wildman–Crippen LogP) is 2.23. The lowest BCUT2D eigenvalue weighted by atomic mass is 9.94. The molecule has 20 heavy (non-hydrogen) atoms. The van der Waals surface area contributed by atoms with Crippen molar-refractivity contribution in [3.8, 4) is 0 Å². The van der Waals surface area contributed by atoms with Crippen LogP contribution in [0.1, 0.15) is 42.7 Å². The summed E-state index contributed by atoms with van der Waals surface area (Å²) in [5, 5.41) is 10.1. The molecule has 0 aliphatic rings. The van der Waals surface area contributed by atoms with E-state index in [2.05, 4.69) is 0 Å². The van der Waals surface area contributed by atoms with Gasteiger partial charge in [0.25, 0.3) is 0 Å². The first-order valence-corrected chi connectivity index (χ1v) is 5.99. The fraction of sp³-hybridized carbons (Fsp3) is 0.0625. The lowest BCUT2D eigenvalue weighted by Crippen LogP contribution is -2.15. The van der Waals surface area contributed by atoms with Crippen molar-refractivity contribution in [1.29, 1.82) is 0 Å². The Hall–Kier alpha value is -2.59. The second-order valence-corrected chi connectivity index (χ2v) is 4.22. The molecule has 0 amide bonds. The fourth-order valence-corrected chi connectivity index (χ4v) is 1.97. The van der Waals surface area contributed by atoms with E-state index >= 15 is 0 Å². The molecule has 100 valence electrons. The molecule has 0 spiro atoms. The Bertz CT molecular complexity index is 647. The summed E-state index contributed by atoms with van der Waals surface area (Å²) in [6.07, 6.45) is -0.402. The summed E-state index contributed by atoms with van der Waals surface area (Å²) in [5.41, 5.74) is 0.611. The van der Waals surface area contributed by atoms with Gasteiger partial charge >= 0.3 is 0 Å². The molecule has 1 N–H and O–H groups in total. The van der Waals surface area contributed by atoms with Crippen molar-refractivity contribution in [3.05, 3.63) is 70.8 Å². The van der Waals surface area contributed by atoms with Gasteiger partial charge in [0.05, 0.1) is 0 Å². The lowest BCUT2D eigenvalue weighted by Gasteiger charge is -2.12. The molecule has 0 aromatic heterocycles. The summed E-state index contributed by atoms with van der Waals surface area (Å²) in [7, 11) is 0. The number of aliphatic hydroxyl groups is 1. The highest BCUT2D eigenvalue weighted by Crippen LogP contribution is 2.21. The molecule has 0 bridgehead atoms. The van der Waals surface area contributed by atoms with Crippen LogP contribution in [0, 0.1) is 0 Å². The Balaban J connectivity index is 2.44. The number of ketones is 1. The van der Waals surface area contributed by atoms with E-state index in [1.54, 1.807) is 30.3 Å². The van der Waals surface area contributed by atoms with E-state index < -0.39 is 11.9 Å². The minimum Gasteiger partial charge on any atom is -0.380 e. The molecule has 1 unspecified atom stereocenters. The van der Waals surface area contributed by atoms with Crippen molar-refractivity contribution in [2.24, 2.45) is 0 Å². The maximum absolute atomic E-state index is 12.3. The molecule has 2 rings (SSSR count). The average molecular weight is 268 g/mol. The molecule has 0 heterocycles. The molecule has 4 nitrogen and oxygen atoms in total. The third-order valence-electron chi connectivity index (χ3n) is 3.01. The molecule has 0 aliphatic heterocycles. The van der Waals surface area contributed by atoms with E-state index in [9.17, 15) is 19.5 Å². The molecule has 0 fully saturated rings. The zero-order valence-electron chi connectivity index (χ0n) is 10.5. The van der Waals surface area contributed by atoms with Crippen LogP contribution in [-0.4, -0.2) is 23.5 Å². The van der Waals surface area contributed by atoms with E-state index in [1.807, 2.05) is 0 Å². The summed E-state index contributed by atoms with van der Waals surface area (Å²) in [4.78, 5) is 34.2. The lowest BCUT2D eigenvalue weighted by molar-refractivity contribution is 0.0745. The summed E-state index contributed by atoms with van der Waals surface area (Å²) < 4.78 is 0. The Kier molecular flexibility index (Phi) is 4.17. The maximum Gasteiger partial charge on any atom is 0.196 e. The first-order chi connectivity index (χ1) is 9.69. The van der Waals surface area contributed by atoms with E-state index in [0.29, 0.717) is 18.1 Å². The van der Waals surface area contributed by atoms with Gasteiger partial charge in [0, 0.05) is 16.7 Å². The van der Waals surface area contributed by atoms with Gasteiger partial charge in [-0.15, -0.1) is 0 Å². The largest absolute Gasteiger partial charge is 0.380 e. The summed E-state index contributed by atoms with van der Waals surface area (Å²) in [6.45, 7) is 0. The Morgan fingerprint density at radius 3 is 2.25 bits per heavy atom. The van der Waals surface area contributed by atoms with Gasteiger partial charge in [-0.05, 0) is 5.56 Å². The molecule has 0 saturated carbocycles. The quantitative estimate of drug-likeness (QED) is 0.666. The molecule has 4 heteroatoms. The Labute approximate surface area is 115 Å². The van der Waals surface area contributed by atoms with Crippen molar-refractivity contribution in [3.63, 3.8) is 0 Å². The van der Waals surface area contributed by atoms with Crippen LogP contribution in [0.25, 0.3) is 0 Å². The van der Waals surface area contributed by atoms with Crippen molar-refractivity contribution in [2.75, 3.05) is 0 Å². The molecule has 2 aromatic rings. The fourth-order valence-electron chi connectivity index (χ4n) is 1.97. The number of benzene rings is 2. The SMILES string of the molecule is O=Cc1cccc(C(=O)C(O)c2ccccc2)c1C=O. The van der Waals surface area contributed by atoms with E-state index in [1.165, 1.54) is 18.2 Å². The van der Waals surface area contributed by atoms with Crippen molar-refractivity contribution in [1.82, 2.24) is 0 Å². The van der Waals surface area contributed by atoms with Gasteiger partial charge in [0.2, 0.25) is 0 Å². The number of carbonyl (C=O) groups excluding carboxylic acids is 3. The van der Waals surface area contributed by atoms with Crippen LogP contribution in [0.2, 0.25) is 0 Å². The first kappa shape index (κ1) is 13.8. The first-order valence-electron chi connectivity index (χ1n) is 5.99. The van der Waals surface area contributed by atoms with Crippen LogP contribution in [0.5, 0.6) is 0 Å². The third kappa shape index (κ3) is 2.55. The zero-order valence-corrected chi connectivity index (χ0v) is 10.5. The standard InChI is InChI=1S/C16H12O4/c17-9-12-7-4-8-13(14(12)10-18)16(20)15(19)11-5-2-1-3-6-11/h1-10,15,19H. The Morgan fingerprint density at radius 1 is 0.950 bits per heavy atom. The van der Waals surface area contributed by atoms with Crippen LogP contribution in [0.15, 0.2) is 48.5 Å².